The lowest BCUT2D eigenvalue weighted by Crippen LogP contribution is -2.52. The Balaban J connectivity index is 1.60. The van der Waals surface area contributed by atoms with E-state index in [-0.39, 0.29) is 0 Å². The van der Waals surface area contributed by atoms with Crippen molar-refractivity contribution in [2.75, 3.05) is 0 Å². The van der Waals surface area contributed by atoms with E-state index >= 15 is 0 Å². The van der Waals surface area contributed by atoms with Gasteiger partial charge in [0.1, 0.15) is 0 Å². The molecule has 4 rings (SSSR count). The van der Waals surface area contributed by atoms with Crippen LogP contribution in [0.1, 0.15) is 79.1 Å². The molecule has 1 heteroatoms. The second kappa shape index (κ2) is 5.60. The van der Waals surface area contributed by atoms with Crippen LogP contribution in [-0.4, -0.2) is 10.7 Å². The van der Waals surface area contributed by atoms with E-state index in [2.05, 4.69) is 34.3 Å². The van der Waals surface area contributed by atoms with E-state index in [4.69, 9.17) is 0 Å². The Labute approximate surface area is 149 Å². The van der Waals surface area contributed by atoms with E-state index in [1.165, 1.54) is 44.1 Å². The fourth-order valence-corrected chi connectivity index (χ4v) is 8.21. The number of allylic oxidation sites excluding steroid dienone is 1. The Hall–Kier alpha value is -0.300. The minimum absolute atomic E-state index is 0.399. The van der Waals surface area contributed by atoms with Gasteiger partial charge in [-0.15, -0.1) is 0 Å². The van der Waals surface area contributed by atoms with Crippen LogP contribution in [0.25, 0.3) is 0 Å². The van der Waals surface area contributed by atoms with Gasteiger partial charge in [0.05, 0.1) is 5.60 Å². The molecule has 9 atom stereocenters. The minimum Gasteiger partial charge on any atom is -0.390 e. The smallest absolute Gasteiger partial charge is 0.0622 e. The highest BCUT2D eigenvalue weighted by Gasteiger charge is 2.58. The van der Waals surface area contributed by atoms with Gasteiger partial charge in [-0.2, -0.15) is 0 Å². The third-order valence-electron chi connectivity index (χ3n) is 9.25. The van der Waals surface area contributed by atoms with Crippen molar-refractivity contribution in [2.24, 2.45) is 46.8 Å². The van der Waals surface area contributed by atoms with Crippen molar-refractivity contribution < 1.29 is 5.11 Å². The first kappa shape index (κ1) is 17.1. The standard InChI is InChI=1S/C23H38O/c1-14(2)20-6-7-21-18-12-15(3)19-13-22(4,24)10-8-17(19)16(18)9-11-23(20,21)5/h15-21,24H,1,6-13H2,2-5H3/t15-,16-,17-,18-,19+,20-,21+,22+,23-/m1/s1. The first-order chi connectivity index (χ1) is 11.2. The van der Waals surface area contributed by atoms with Crippen molar-refractivity contribution in [1.82, 2.24) is 0 Å². The maximum Gasteiger partial charge on any atom is 0.0622 e. The molecule has 4 aliphatic rings. The molecule has 1 nitrogen and oxygen atoms in total. The zero-order valence-corrected chi connectivity index (χ0v) is 16.4. The van der Waals surface area contributed by atoms with Gasteiger partial charge in [-0.1, -0.05) is 26.0 Å². The molecule has 4 aliphatic carbocycles. The molecule has 0 spiro atoms. The van der Waals surface area contributed by atoms with Crippen LogP contribution in [0.2, 0.25) is 0 Å². The zero-order valence-electron chi connectivity index (χ0n) is 16.4. The maximum atomic E-state index is 10.6. The minimum atomic E-state index is -0.399. The van der Waals surface area contributed by atoms with Crippen LogP contribution in [-0.2, 0) is 0 Å². The molecule has 0 amide bonds. The Morgan fingerprint density at radius 3 is 2.33 bits per heavy atom. The summed E-state index contributed by atoms with van der Waals surface area (Å²) in [7, 11) is 0. The molecule has 4 saturated carbocycles. The highest BCUT2D eigenvalue weighted by Crippen LogP contribution is 2.66. The molecule has 4 fully saturated rings. The van der Waals surface area contributed by atoms with E-state index in [1.54, 1.807) is 0 Å². The summed E-state index contributed by atoms with van der Waals surface area (Å²) in [5, 5.41) is 10.6. The first-order valence-electron chi connectivity index (χ1n) is 10.6. The summed E-state index contributed by atoms with van der Waals surface area (Å²) in [6.45, 7) is 13.8. The summed E-state index contributed by atoms with van der Waals surface area (Å²) in [5.74, 6) is 6.07. The van der Waals surface area contributed by atoms with E-state index in [0.717, 1.165) is 54.3 Å². The summed E-state index contributed by atoms with van der Waals surface area (Å²) in [6, 6.07) is 0. The van der Waals surface area contributed by atoms with Crippen LogP contribution in [0, 0.1) is 46.8 Å². The Kier molecular flexibility index (Phi) is 4.00. The maximum absolute atomic E-state index is 10.6. The number of fused-ring (bicyclic) bond motifs is 5. The van der Waals surface area contributed by atoms with E-state index < -0.39 is 5.60 Å². The molecule has 1 N–H and O–H groups in total. The number of hydrogen-bond donors (Lipinski definition) is 1. The van der Waals surface area contributed by atoms with Crippen molar-refractivity contribution in [3.05, 3.63) is 12.2 Å². The van der Waals surface area contributed by atoms with Gasteiger partial charge in [0, 0.05) is 0 Å². The zero-order chi connectivity index (χ0) is 17.3. The highest BCUT2D eigenvalue weighted by molar-refractivity contribution is 5.14. The van der Waals surface area contributed by atoms with Crippen LogP contribution in [0.5, 0.6) is 0 Å². The molecule has 0 radical (unpaired) electrons. The molecule has 0 unspecified atom stereocenters. The van der Waals surface area contributed by atoms with Crippen LogP contribution < -0.4 is 0 Å². The molecule has 0 aromatic rings. The second-order valence-corrected chi connectivity index (χ2v) is 10.7. The predicted molar refractivity (Wildman–Crippen MR) is 101 cm³/mol. The van der Waals surface area contributed by atoms with Crippen molar-refractivity contribution in [2.45, 2.75) is 84.7 Å². The van der Waals surface area contributed by atoms with Crippen LogP contribution in [0.4, 0.5) is 0 Å². The molecule has 0 saturated heterocycles. The van der Waals surface area contributed by atoms with Crippen LogP contribution in [0.3, 0.4) is 0 Å². The average Bonchev–Trinajstić information content (AvgIpc) is 2.85. The second-order valence-electron chi connectivity index (χ2n) is 10.7. The van der Waals surface area contributed by atoms with Crippen molar-refractivity contribution in [1.29, 1.82) is 0 Å². The predicted octanol–water partition coefficient (Wildman–Crippen LogP) is 5.83. The molecule has 0 aliphatic heterocycles. The third-order valence-corrected chi connectivity index (χ3v) is 9.25. The van der Waals surface area contributed by atoms with Crippen molar-refractivity contribution in [3.63, 3.8) is 0 Å². The van der Waals surface area contributed by atoms with Gasteiger partial charge < -0.3 is 5.11 Å². The summed E-state index contributed by atoms with van der Waals surface area (Å²) in [4.78, 5) is 0. The summed E-state index contributed by atoms with van der Waals surface area (Å²) in [6.07, 6.45) is 10.5. The quantitative estimate of drug-likeness (QED) is 0.600. The molecule has 0 aromatic heterocycles. The summed E-state index contributed by atoms with van der Waals surface area (Å²) in [5.41, 5.74) is 1.57. The lowest BCUT2D eigenvalue weighted by atomic mass is 9.47. The fourth-order valence-electron chi connectivity index (χ4n) is 8.21. The lowest BCUT2D eigenvalue weighted by Gasteiger charge is -2.58. The average molecular weight is 331 g/mol. The number of aliphatic hydroxyl groups is 1. The van der Waals surface area contributed by atoms with Gasteiger partial charge in [0.2, 0.25) is 0 Å². The summed E-state index contributed by atoms with van der Waals surface area (Å²) >= 11 is 0. The molecule has 0 aromatic carbocycles. The number of rotatable bonds is 1. The van der Waals surface area contributed by atoms with E-state index in [0.29, 0.717) is 5.41 Å². The number of hydrogen-bond acceptors (Lipinski definition) is 1. The monoisotopic (exact) mass is 330 g/mol. The SMILES string of the molecule is C=C(C)[C@H]1CC[C@H]2[C@@H]3C[C@@H](C)[C@@H]4C[C@@](C)(O)CC[C@@H]4[C@H]3CC[C@]12C. The largest absolute Gasteiger partial charge is 0.390 e. The van der Waals surface area contributed by atoms with Gasteiger partial charge in [0.15, 0.2) is 0 Å². The molecule has 136 valence electrons. The normalized spacial score (nSPS) is 57.0. The van der Waals surface area contributed by atoms with Crippen LogP contribution in [0.15, 0.2) is 12.2 Å². The van der Waals surface area contributed by atoms with Crippen molar-refractivity contribution >= 4 is 0 Å². The van der Waals surface area contributed by atoms with E-state index in [9.17, 15) is 5.11 Å². The lowest BCUT2D eigenvalue weighted by molar-refractivity contribution is -0.117. The van der Waals surface area contributed by atoms with Gasteiger partial charge in [0.25, 0.3) is 0 Å². The Morgan fingerprint density at radius 2 is 1.62 bits per heavy atom. The van der Waals surface area contributed by atoms with E-state index in [1.807, 2.05) is 0 Å². The first-order valence-corrected chi connectivity index (χ1v) is 10.6. The van der Waals surface area contributed by atoms with Gasteiger partial charge in [-0.25, -0.2) is 0 Å². The topological polar surface area (TPSA) is 20.2 Å². The Morgan fingerprint density at radius 1 is 0.958 bits per heavy atom. The van der Waals surface area contributed by atoms with Gasteiger partial charge >= 0.3 is 0 Å². The molecule has 0 heterocycles. The van der Waals surface area contributed by atoms with Gasteiger partial charge in [-0.05, 0) is 112 Å². The molecule has 0 bridgehead atoms. The third kappa shape index (κ3) is 2.44. The van der Waals surface area contributed by atoms with Crippen LogP contribution >= 0.6 is 0 Å². The highest BCUT2D eigenvalue weighted by atomic mass is 16.3. The summed E-state index contributed by atoms with van der Waals surface area (Å²) < 4.78 is 0. The van der Waals surface area contributed by atoms with Gasteiger partial charge in [-0.3, -0.25) is 0 Å². The fraction of sp³-hybridized carbons (Fsp3) is 0.913. The molecule has 24 heavy (non-hydrogen) atoms. The van der Waals surface area contributed by atoms with Crippen molar-refractivity contribution in [3.8, 4) is 0 Å². The molecular weight excluding hydrogens is 292 g/mol. The Bertz CT molecular complexity index is 520. The molecular formula is C23H38O.